The summed E-state index contributed by atoms with van der Waals surface area (Å²) in [6.07, 6.45) is 0. The second kappa shape index (κ2) is 2.98. The number of rotatable bonds is 0. The van der Waals surface area contributed by atoms with Crippen LogP contribution in [0, 0.1) is 20.8 Å². The lowest BCUT2D eigenvalue weighted by Crippen LogP contribution is -1.89. The Balaban J connectivity index is 2.95. The number of benzene rings is 1. The lowest BCUT2D eigenvalue weighted by Gasteiger charge is -2.06. The van der Waals surface area contributed by atoms with Gasteiger partial charge in [-0.2, -0.15) is 0 Å². The summed E-state index contributed by atoms with van der Waals surface area (Å²) >= 11 is 0. The van der Waals surface area contributed by atoms with Crippen LogP contribution in [-0.2, 0) is 0 Å². The van der Waals surface area contributed by atoms with Gasteiger partial charge in [0.1, 0.15) is 11.3 Å². The Labute approximate surface area is 83.2 Å². The Morgan fingerprint density at radius 1 is 1.07 bits per heavy atom. The number of pyridine rings is 1. The highest BCUT2D eigenvalue weighted by Gasteiger charge is 2.06. The molecular formula is C12H13NO. The van der Waals surface area contributed by atoms with Crippen molar-refractivity contribution in [3.63, 3.8) is 0 Å². The summed E-state index contributed by atoms with van der Waals surface area (Å²) in [5.74, 6) is 0.300. The Morgan fingerprint density at radius 3 is 2.50 bits per heavy atom. The fourth-order valence-corrected chi connectivity index (χ4v) is 1.71. The Hall–Kier alpha value is -1.57. The highest BCUT2D eigenvalue weighted by atomic mass is 16.3. The van der Waals surface area contributed by atoms with E-state index in [4.69, 9.17) is 0 Å². The van der Waals surface area contributed by atoms with Crippen LogP contribution in [0.1, 0.15) is 16.8 Å². The molecule has 0 saturated carbocycles. The summed E-state index contributed by atoms with van der Waals surface area (Å²) in [5, 5.41) is 10.9. The number of aromatic nitrogens is 1. The van der Waals surface area contributed by atoms with Gasteiger partial charge in [0.25, 0.3) is 0 Å². The summed E-state index contributed by atoms with van der Waals surface area (Å²) < 4.78 is 0. The first-order valence-electron chi connectivity index (χ1n) is 4.66. The quantitative estimate of drug-likeness (QED) is 0.688. The Morgan fingerprint density at radius 2 is 1.79 bits per heavy atom. The van der Waals surface area contributed by atoms with E-state index < -0.39 is 0 Å². The average Bonchev–Trinajstić information content (AvgIpc) is 2.12. The van der Waals surface area contributed by atoms with Crippen molar-refractivity contribution < 1.29 is 5.11 Å². The molecule has 1 aromatic heterocycles. The van der Waals surface area contributed by atoms with Crippen LogP contribution in [0.2, 0.25) is 0 Å². The maximum Gasteiger partial charge on any atom is 0.144 e. The van der Waals surface area contributed by atoms with Gasteiger partial charge in [0.2, 0.25) is 0 Å². The maximum absolute atomic E-state index is 9.84. The first kappa shape index (κ1) is 9.00. The fraction of sp³-hybridized carbons (Fsp3) is 0.250. The second-order valence-electron chi connectivity index (χ2n) is 3.71. The topological polar surface area (TPSA) is 33.1 Å². The molecule has 72 valence electrons. The lowest BCUT2D eigenvalue weighted by molar-refractivity contribution is 0.476. The molecule has 0 radical (unpaired) electrons. The van der Waals surface area contributed by atoms with Crippen LogP contribution in [0.25, 0.3) is 10.9 Å². The minimum Gasteiger partial charge on any atom is -0.505 e. The molecule has 2 aromatic rings. The van der Waals surface area contributed by atoms with Gasteiger partial charge in [0, 0.05) is 11.1 Å². The summed E-state index contributed by atoms with van der Waals surface area (Å²) in [6, 6.07) is 5.95. The minimum absolute atomic E-state index is 0.300. The summed E-state index contributed by atoms with van der Waals surface area (Å²) in [4.78, 5) is 4.35. The molecule has 1 N–H and O–H groups in total. The molecule has 0 atom stereocenters. The molecule has 0 saturated heterocycles. The van der Waals surface area contributed by atoms with Crippen molar-refractivity contribution in [1.82, 2.24) is 4.98 Å². The predicted molar refractivity (Wildman–Crippen MR) is 57.6 cm³/mol. The highest BCUT2D eigenvalue weighted by Crippen LogP contribution is 2.28. The monoisotopic (exact) mass is 187 g/mol. The molecule has 0 aliphatic rings. The SMILES string of the molecule is Cc1cc(C)c2ccc(C)c(O)c2n1. The lowest BCUT2D eigenvalue weighted by atomic mass is 10.1. The molecule has 1 heterocycles. The molecule has 0 bridgehead atoms. The van der Waals surface area contributed by atoms with Gasteiger partial charge >= 0.3 is 0 Å². The van der Waals surface area contributed by atoms with E-state index in [-0.39, 0.29) is 0 Å². The van der Waals surface area contributed by atoms with Crippen molar-refractivity contribution in [2.45, 2.75) is 20.8 Å². The fourth-order valence-electron chi connectivity index (χ4n) is 1.71. The molecule has 0 aliphatic carbocycles. The molecule has 2 rings (SSSR count). The van der Waals surface area contributed by atoms with Gasteiger partial charge in [-0.15, -0.1) is 0 Å². The van der Waals surface area contributed by atoms with Crippen LogP contribution in [-0.4, -0.2) is 10.1 Å². The van der Waals surface area contributed by atoms with Crippen LogP contribution >= 0.6 is 0 Å². The van der Waals surface area contributed by atoms with Gasteiger partial charge in [-0.05, 0) is 38.0 Å². The van der Waals surface area contributed by atoms with Crippen molar-refractivity contribution in [3.05, 3.63) is 35.0 Å². The molecule has 0 fully saturated rings. The zero-order chi connectivity index (χ0) is 10.3. The summed E-state index contributed by atoms with van der Waals surface area (Å²) in [6.45, 7) is 5.86. The largest absolute Gasteiger partial charge is 0.505 e. The first-order chi connectivity index (χ1) is 6.59. The predicted octanol–water partition coefficient (Wildman–Crippen LogP) is 2.87. The van der Waals surface area contributed by atoms with Crippen LogP contribution in [0.5, 0.6) is 5.75 Å². The number of aromatic hydroxyl groups is 1. The van der Waals surface area contributed by atoms with E-state index in [1.165, 1.54) is 0 Å². The molecule has 2 heteroatoms. The molecule has 0 unspecified atom stereocenters. The molecule has 0 spiro atoms. The number of fused-ring (bicyclic) bond motifs is 1. The standard InChI is InChI=1S/C12H13NO/c1-7-4-5-10-8(2)6-9(3)13-11(10)12(7)14/h4-6,14H,1-3H3. The first-order valence-corrected chi connectivity index (χ1v) is 4.66. The van der Waals surface area contributed by atoms with E-state index in [9.17, 15) is 5.11 Å². The molecule has 0 aliphatic heterocycles. The van der Waals surface area contributed by atoms with Gasteiger partial charge in [0.05, 0.1) is 0 Å². The van der Waals surface area contributed by atoms with Gasteiger partial charge in [-0.1, -0.05) is 12.1 Å². The third kappa shape index (κ3) is 1.23. The van der Waals surface area contributed by atoms with Crippen molar-refractivity contribution in [2.75, 3.05) is 0 Å². The van der Waals surface area contributed by atoms with Gasteiger partial charge in [-0.3, -0.25) is 0 Å². The minimum atomic E-state index is 0.300. The number of phenols is 1. The van der Waals surface area contributed by atoms with Crippen LogP contribution < -0.4 is 0 Å². The van der Waals surface area contributed by atoms with Crippen LogP contribution in [0.4, 0.5) is 0 Å². The number of hydrogen-bond donors (Lipinski definition) is 1. The molecule has 2 nitrogen and oxygen atoms in total. The molecule has 1 aromatic carbocycles. The Bertz CT molecular complexity index is 503. The third-order valence-electron chi connectivity index (χ3n) is 2.49. The summed E-state index contributed by atoms with van der Waals surface area (Å²) in [7, 11) is 0. The van der Waals surface area contributed by atoms with E-state index in [1.807, 2.05) is 39.0 Å². The van der Waals surface area contributed by atoms with E-state index in [0.29, 0.717) is 11.3 Å². The van der Waals surface area contributed by atoms with Crippen molar-refractivity contribution >= 4 is 10.9 Å². The molecule has 0 amide bonds. The third-order valence-corrected chi connectivity index (χ3v) is 2.49. The van der Waals surface area contributed by atoms with Gasteiger partial charge in [-0.25, -0.2) is 4.98 Å². The van der Waals surface area contributed by atoms with Crippen molar-refractivity contribution in [3.8, 4) is 5.75 Å². The smallest absolute Gasteiger partial charge is 0.144 e. The van der Waals surface area contributed by atoms with Gasteiger partial charge < -0.3 is 5.11 Å². The zero-order valence-corrected chi connectivity index (χ0v) is 8.63. The number of phenolic OH excluding ortho intramolecular Hbond substituents is 1. The normalized spacial score (nSPS) is 10.8. The van der Waals surface area contributed by atoms with Gasteiger partial charge in [0.15, 0.2) is 0 Å². The van der Waals surface area contributed by atoms with Crippen molar-refractivity contribution in [1.29, 1.82) is 0 Å². The van der Waals surface area contributed by atoms with E-state index >= 15 is 0 Å². The van der Waals surface area contributed by atoms with E-state index in [2.05, 4.69) is 4.98 Å². The zero-order valence-electron chi connectivity index (χ0n) is 8.63. The number of nitrogens with zero attached hydrogens (tertiary/aromatic N) is 1. The van der Waals surface area contributed by atoms with E-state index in [0.717, 1.165) is 22.2 Å². The highest BCUT2D eigenvalue weighted by molar-refractivity contribution is 5.88. The average molecular weight is 187 g/mol. The second-order valence-corrected chi connectivity index (χ2v) is 3.71. The number of hydrogen-bond acceptors (Lipinski definition) is 2. The number of aryl methyl sites for hydroxylation is 3. The van der Waals surface area contributed by atoms with Crippen LogP contribution in [0.3, 0.4) is 0 Å². The van der Waals surface area contributed by atoms with Crippen molar-refractivity contribution in [2.24, 2.45) is 0 Å². The maximum atomic E-state index is 9.84. The molecular weight excluding hydrogens is 174 g/mol. The summed E-state index contributed by atoms with van der Waals surface area (Å²) in [5.41, 5.74) is 3.68. The van der Waals surface area contributed by atoms with E-state index in [1.54, 1.807) is 0 Å². The van der Waals surface area contributed by atoms with Crippen LogP contribution in [0.15, 0.2) is 18.2 Å². The molecule has 14 heavy (non-hydrogen) atoms. The Kier molecular flexibility index (Phi) is 1.92.